The summed E-state index contributed by atoms with van der Waals surface area (Å²) in [7, 11) is 1.82. The Morgan fingerprint density at radius 3 is 2.38 bits per heavy atom. The number of hydrogen-bond donors (Lipinski definition) is 1. The first-order valence-corrected chi connectivity index (χ1v) is 8.34. The van der Waals surface area contributed by atoms with Crippen molar-refractivity contribution in [2.45, 2.75) is 33.0 Å². The maximum absolute atomic E-state index is 12.0. The lowest BCUT2D eigenvalue weighted by molar-refractivity contribution is -0.131. The van der Waals surface area contributed by atoms with Gasteiger partial charge in [-0.05, 0) is 37.1 Å². The van der Waals surface area contributed by atoms with Gasteiger partial charge < -0.3 is 15.0 Å². The van der Waals surface area contributed by atoms with Crippen LogP contribution in [0.3, 0.4) is 0 Å². The monoisotopic (exact) mass is 326 g/mol. The van der Waals surface area contributed by atoms with Gasteiger partial charge in [-0.1, -0.05) is 42.5 Å². The molecule has 1 unspecified atom stereocenters. The maximum atomic E-state index is 12.0. The molecular weight excluding hydrogens is 300 g/mol. The summed E-state index contributed by atoms with van der Waals surface area (Å²) in [5, 5.41) is 3.26. The molecule has 0 saturated carbocycles. The van der Waals surface area contributed by atoms with Crippen LogP contribution in [0.15, 0.2) is 54.6 Å². The Bertz CT molecular complexity index is 626. The van der Waals surface area contributed by atoms with Crippen LogP contribution in [0, 0.1) is 0 Å². The second kappa shape index (κ2) is 9.08. The summed E-state index contributed by atoms with van der Waals surface area (Å²) in [5.41, 5.74) is 2.27. The highest BCUT2D eigenvalue weighted by atomic mass is 16.5. The molecule has 2 aromatic carbocycles. The summed E-state index contributed by atoms with van der Waals surface area (Å²) in [6.45, 7) is 5.81. The Morgan fingerprint density at radius 1 is 1.08 bits per heavy atom. The molecule has 0 bridgehead atoms. The smallest absolute Gasteiger partial charge is 0.239 e. The van der Waals surface area contributed by atoms with E-state index in [1.165, 1.54) is 0 Å². The van der Waals surface area contributed by atoms with Crippen molar-refractivity contribution in [1.29, 1.82) is 0 Å². The number of nitrogens with zero attached hydrogens (tertiary/aromatic N) is 1. The van der Waals surface area contributed by atoms with Crippen LogP contribution < -0.4 is 10.1 Å². The Hall–Kier alpha value is -2.33. The first-order chi connectivity index (χ1) is 11.6. The van der Waals surface area contributed by atoms with E-state index in [1.807, 2.05) is 75.5 Å². The Labute approximate surface area is 144 Å². The van der Waals surface area contributed by atoms with Gasteiger partial charge in [0.15, 0.2) is 0 Å². The highest BCUT2D eigenvalue weighted by Gasteiger charge is 2.15. The third-order valence-corrected chi connectivity index (χ3v) is 4.01. The van der Waals surface area contributed by atoms with Gasteiger partial charge in [-0.3, -0.25) is 4.79 Å². The predicted molar refractivity (Wildman–Crippen MR) is 96.8 cm³/mol. The van der Waals surface area contributed by atoms with Gasteiger partial charge in [0, 0.05) is 20.1 Å². The summed E-state index contributed by atoms with van der Waals surface area (Å²) >= 11 is 0. The fourth-order valence-corrected chi connectivity index (χ4v) is 2.29. The average Bonchev–Trinajstić information content (AvgIpc) is 2.64. The highest BCUT2D eigenvalue weighted by molar-refractivity contribution is 5.81. The highest BCUT2D eigenvalue weighted by Crippen LogP contribution is 2.14. The first-order valence-electron chi connectivity index (χ1n) is 8.34. The number of amides is 1. The van der Waals surface area contributed by atoms with Gasteiger partial charge in [-0.2, -0.15) is 0 Å². The molecule has 128 valence electrons. The van der Waals surface area contributed by atoms with E-state index in [0.717, 1.165) is 23.4 Å². The summed E-state index contributed by atoms with van der Waals surface area (Å²) in [6.07, 6.45) is 0. The number of carbonyl (C=O) groups is 1. The van der Waals surface area contributed by atoms with Gasteiger partial charge in [0.1, 0.15) is 12.4 Å². The third kappa shape index (κ3) is 5.39. The van der Waals surface area contributed by atoms with Gasteiger partial charge in [-0.25, -0.2) is 0 Å². The lowest BCUT2D eigenvalue weighted by Gasteiger charge is -2.20. The van der Waals surface area contributed by atoms with E-state index in [9.17, 15) is 4.79 Å². The molecule has 0 saturated heterocycles. The predicted octanol–water partition coefficient (Wildman–Crippen LogP) is 3.22. The van der Waals surface area contributed by atoms with E-state index in [-0.39, 0.29) is 11.9 Å². The van der Waals surface area contributed by atoms with Crippen LogP contribution in [0.2, 0.25) is 0 Å². The van der Waals surface area contributed by atoms with Crippen LogP contribution >= 0.6 is 0 Å². The zero-order valence-corrected chi connectivity index (χ0v) is 14.7. The van der Waals surface area contributed by atoms with E-state index in [2.05, 4.69) is 5.32 Å². The minimum atomic E-state index is -0.191. The van der Waals surface area contributed by atoms with Crippen molar-refractivity contribution < 1.29 is 9.53 Å². The van der Waals surface area contributed by atoms with E-state index in [0.29, 0.717) is 13.2 Å². The average molecular weight is 326 g/mol. The van der Waals surface area contributed by atoms with Gasteiger partial charge in [0.25, 0.3) is 0 Å². The lowest BCUT2D eigenvalue weighted by Crippen LogP contribution is -2.42. The molecule has 0 heterocycles. The van der Waals surface area contributed by atoms with Crippen molar-refractivity contribution in [3.8, 4) is 5.75 Å². The molecule has 1 N–H and O–H groups in total. The Kier molecular flexibility index (Phi) is 6.82. The van der Waals surface area contributed by atoms with Crippen molar-refractivity contribution in [1.82, 2.24) is 10.2 Å². The topological polar surface area (TPSA) is 41.6 Å². The van der Waals surface area contributed by atoms with Gasteiger partial charge in [0.2, 0.25) is 5.91 Å². The molecule has 2 rings (SSSR count). The van der Waals surface area contributed by atoms with E-state index < -0.39 is 0 Å². The first kappa shape index (κ1) is 18.0. The Balaban J connectivity index is 1.80. The largest absolute Gasteiger partial charge is 0.489 e. The summed E-state index contributed by atoms with van der Waals surface area (Å²) in [5.74, 6) is 0.956. The van der Waals surface area contributed by atoms with Crippen LogP contribution in [0.5, 0.6) is 5.75 Å². The van der Waals surface area contributed by atoms with E-state index >= 15 is 0 Å². The van der Waals surface area contributed by atoms with Crippen molar-refractivity contribution in [3.05, 3.63) is 65.7 Å². The second-order valence-corrected chi connectivity index (χ2v) is 5.87. The zero-order valence-electron chi connectivity index (χ0n) is 14.7. The summed E-state index contributed by atoms with van der Waals surface area (Å²) < 4.78 is 5.78. The second-order valence-electron chi connectivity index (χ2n) is 5.87. The van der Waals surface area contributed by atoms with Crippen LogP contribution in [0.4, 0.5) is 0 Å². The van der Waals surface area contributed by atoms with Crippen LogP contribution in [-0.2, 0) is 17.9 Å². The van der Waals surface area contributed by atoms with Gasteiger partial charge >= 0.3 is 0 Å². The van der Waals surface area contributed by atoms with Crippen molar-refractivity contribution >= 4 is 5.91 Å². The minimum absolute atomic E-state index is 0.111. The number of nitrogens with one attached hydrogen (secondary N) is 1. The molecule has 4 heteroatoms. The van der Waals surface area contributed by atoms with Crippen LogP contribution in [0.25, 0.3) is 0 Å². The fourth-order valence-electron chi connectivity index (χ4n) is 2.29. The number of benzene rings is 2. The van der Waals surface area contributed by atoms with Crippen LogP contribution in [0.1, 0.15) is 25.0 Å². The molecular formula is C20H26N2O2. The van der Waals surface area contributed by atoms with Crippen molar-refractivity contribution in [2.75, 3.05) is 13.6 Å². The fraction of sp³-hybridized carbons (Fsp3) is 0.350. The molecule has 0 fully saturated rings. The number of ether oxygens (including phenoxy) is 1. The standard InChI is InChI=1S/C20H26N2O2/c1-4-22(3)20(23)16(2)21-14-17-10-12-19(13-11-17)24-15-18-8-6-5-7-9-18/h5-13,16,21H,4,14-15H2,1-3H3. The molecule has 0 aliphatic heterocycles. The number of carbonyl (C=O) groups excluding carboxylic acids is 1. The molecule has 2 aromatic rings. The minimum Gasteiger partial charge on any atom is -0.489 e. The van der Waals surface area contributed by atoms with E-state index in [1.54, 1.807) is 4.90 Å². The molecule has 24 heavy (non-hydrogen) atoms. The number of hydrogen-bond acceptors (Lipinski definition) is 3. The Morgan fingerprint density at radius 2 is 1.75 bits per heavy atom. The van der Waals surface area contributed by atoms with Gasteiger partial charge in [0.05, 0.1) is 6.04 Å². The SMILES string of the molecule is CCN(C)C(=O)C(C)NCc1ccc(OCc2ccccc2)cc1. The molecule has 1 atom stereocenters. The van der Waals surface area contributed by atoms with E-state index in [4.69, 9.17) is 4.74 Å². The number of likely N-dealkylation sites (N-methyl/N-ethyl adjacent to an activating group) is 1. The lowest BCUT2D eigenvalue weighted by atomic mass is 10.2. The summed E-state index contributed by atoms with van der Waals surface area (Å²) in [4.78, 5) is 13.7. The zero-order chi connectivity index (χ0) is 17.4. The summed E-state index contributed by atoms with van der Waals surface area (Å²) in [6, 6.07) is 17.9. The van der Waals surface area contributed by atoms with Crippen molar-refractivity contribution in [3.63, 3.8) is 0 Å². The quantitative estimate of drug-likeness (QED) is 0.810. The molecule has 0 aliphatic rings. The molecule has 4 nitrogen and oxygen atoms in total. The van der Waals surface area contributed by atoms with Gasteiger partial charge in [-0.15, -0.1) is 0 Å². The molecule has 0 aliphatic carbocycles. The molecule has 0 aromatic heterocycles. The normalized spacial score (nSPS) is 11.8. The molecule has 0 radical (unpaired) electrons. The molecule has 1 amide bonds. The number of rotatable bonds is 8. The third-order valence-electron chi connectivity index (χ3n) is 4.01. The molecule has 0 spiro atoms. The van der Waals surface area contributed by atoms with Crippen LogP contribution in [-0.4, -0.2) is 30.4 Å². The van der Waals surface area contributed by atoms with Crippen molar-refractivity contribution in [2.24, 2.45) is 0 Å². The maximum Gasteiger partial charge on any atom is 0.239 e.